The van der Waals surface area contributed by atoms with Crippen LogP contribution in [0.5, 0.6) is 0 Å². The van der Waals surface area contributed by atoms with Crippen molar-refractivity contribution in [1.82, 2.24) is 0 Å². The molecule has 1 fully saturated rings. The Bertz CT molecular complexity index is 485. The highest BCUT2D eigenvalue weighted by Crippen LogP contribution is 2.39. The Balaban J connectivity index is 2.15. The molecule has 1 atom stereocenters. The smallest absolute Gasteiger partial charge is 0.338 e. The van der Waals surface area contributed by atoms with Gasteiger partial charge in [-0.25, -0.2) is 4.79 Å². The van der Waals surface area contributed by atoms with Crippen molar-refractivity contribution in [3.8, 4) is 0 Å². The van der Waals surface area contributed by atoms with Crippen LogP contribution in [0.3, 0.4) is 0 Å². The molecule has 4 heteroatoms. The molecule has 0 aliphatic carbocycles. The highest BCUT2D eigenvalue weighted by atomic mass is 16.4. The molecule has 4 nitrogen and oxygen atoms in total. The quantitative estimate of drug-likeness (QED) is 0.725. The van der Waals surface area contributed by atoms with Crippen LogP contribution in [0, 0.1) is 0 Å². The lowest BCUT2D eigenvalue weighted by Gasteiger charge is -2.34. The third kappa shape index (κ3) is 1.47. The van der Waals surface area contributed by atoms with E-state index in [4.69, 9.17) is 5.73 Å². The van der Waals surface area contributed by atoms with Crippen LogP contribution < -0.4 is 10.6 Å². The number of nitrogen functional groups attached to an aromatic ring is 1. The first kappa shape index (κ1) is 10.4. The maximum Gasteiger partial charge on any atom is 0.338 e. The van der Waals surface area contributed by atoms with Gasteiger partial charge >= 0.3 is 5.97 Å². The van der Waals surface area contributed by atoms with Crippen molar-refractivity contribution in [3.63, 3.8) is 0 Å². The average Bonchev–Trinajstić information content (AvgIpc) is 2.75. The van der Waals surface area contributed by atoms with Gasteiger partial charge in [0.1, 0.15) is 0 Å². The van der Waals surface area contributed by atoms with Gasteiger partial charge in [-0.3, -0.25) is 0 Å². The second-order valence-electron chi connectivity index (χ2n) is 4.86. The van der Waals surface area contributed by atoms with Gasteiger partial charge in [-0.05, 0) is 43.4 Å². The van der Waals surface area contributed by atoms with E-state index in [1.165, 1.54) is 12.8 Å². The Morgan fingerprint density at radius 3 is 3.00 bits per heavy atom. The second-order valence-corrected chi connectivity index (χ2v) is 4.86. The zero-order valence-electron chi connectivity index (χ0n) is 9.65. The predicted molar refractivity (Wildman–Crippen MR) is 66.5 cm³/mol. The van der Waals surface area contributed by atoms with Crippen LogP contribution in [0.4, 0.5) is 11.4 Å². The molecule has 0 saturated carbocycles. The van der Waals surface area contributed by atoms with Gasteiger partial charge in [-0.15, -0.1) is 0 Å². The number of aromatic carboxylic acids is 1. The molecule has 2 aliphatic heterocycles. The largest absolute Gasteiger partial charge is 0.478 e. The van der Waals surface area contributed by atoms with Crippen LogP contribution in [-0.4, -0.2) is 23.7 Å². The molecule has 17 heavy (non-hydrogen) atoms. The van der Waals surface area contributed by atoms with Crippen molar-refractivity contribution in [2.24, 2.45) is 0 Å². The molecule has 2 heterocycles. The zero-order valence-corrected chi connectivity index (χ0v) is 9.65. The van der Waals surface area contributed by atoms with E-state index in [2.05, 4.69) is 4.90 Å². The highest BCUT2D eigenvalue weighted by molar-refractivity contribution is 5.97. The number of benzene rings is 1. The molecule has 3 N–H and O–H groups in total. The van der Waals surface area contributed by atoms with E-state index in [9.17, 15) is 9.90 Å². The maximum absolute atomic E-state index is 11.3. The van der Waals surface area contributed by atoms with Gasteiger partial charge in [0.2, 0.25) is 0 Å². The van der Waals surface area contributed by atoms with Crippen LogP contribution >= 0.6 is 0 Å². The van der Waals surface area contributed by atoms with Crippen molar-refractivity contribution >= 4 is 17.3 Å². The second kappa shape index (κ2) is 3.65. The van der Waals surface area contributed by atoms with Crippen LogP contribution in [0.15, 0.2) is 12.1 Å². The number of carboxylic acids is 1. The molecule has 1 unspecified atom stereocenters. The summed E-state index contributed by atoms with van der Waals surface area (Å²) in [6, 6.07) is 4.31. The summed E-state index contributed by atoms with van der Waals surface area (Å²) in [5.41, 5.74) is 8.49. The minimum Gasteiger partial charge on any atom is -0.478 e. The highest BCUT2D eigenvalue weighted by Gasteiger charge is 2.32. The summed E-state index contributed by atoms with van der Waals surface area (Å²) >= 11 is 0. The molecule has 0 aromatic heterocycles. The fourth-order valence-corrected chi connectivity index (χ4v) is 3.19. The molecule has 0 bridgehead atoms. The van der Waals surface area contributed by atoms with E-state index < -0.39 is 5.97 Å². The molecule has 2 aliphatic rings. The summed E-state index contributed by atoms with van der Waals surface area (Å²) in [5.74, 6) is -0.906. The van der Waals surface area contributed by atoms with Crippen LogP contribution in [0.25, 0.3) is 0 Å². The third-order valence-electron chi connectivity index (χ3n) is 3.95. The van der Waals surface area contributed by atoms with Gasteiger partial charge in [0.25, 0.3) is 0 Å². The lowest BCUT2D eigenvalue weighted by Crippen LogP contribution is -2.34. The molecule has 0 spiro atoms. The molecule has 1 saturated heterocycles. The first-order valence-electron chi connectivity index (χ1n) is 6.10. The number of carboxylic acid groups (broad SMARTS) is 1. The molecule has 1 aromatic rings. The van der Waals surface area contributed by atoms with Crippen molar-refractivity contribution in [2.75, 3.05) is 17.2 Å². The molecule has 0 amide bonds. The Morgan fingerprint density at radius 1 is 1.41 bits per heavy atom. The monoisotopic (exact) mass is 232 g/mol. The first-order valence-corrected chi connectivity index (χ1v) is 6.10. The Morgan fingerprint density at radius 2 is 2.24 bits per heavy atom. The van der Waals surface area contributed by atoms with Gasteiger partial charge in [0, 0.05) is 24.0 Å². The normalized spacial score (nSPS) is 22.1. The number of carbonyl (C=O) groups is 1. The lowest BCUT2D eigenvalue weighted by molar-refractivity contribution is 0.0696. The SMILES string of the molecule is Nc1ccc2c(c1C(=O)O)CCC1CCCN21. The van der Waals surface area contributed by atoms with E-state index in [1.807, 2.05) is 6.07 Å². The van der Waals surface area contributed by atoms with E-state index in [-0.39, 0.29) is 0 Å². The average molecular weight is 232 g/mol. The maximum atomic E-state index is 11.3. The van der Waals surface area contributed by atoms with Gasteiger partial charge in [-0.1, -0.05) is 0 Å². The minimum atomic E-state index is -0.906. The number of nitrogens with zero attached hydrogens (tertiary/aromatic N) is 1. The fourth-order valence-electron chi connectivity index (χ4n) is 3.19. The van der Waals surface area contributed by atoms with E-state index in [0.717, 1.165) is 30.6 Å². The topological polar surface area (TPSA) is 66.6 Å². The van der Waals surface area contributed by atoms with Gasteiger partial charge in [-0.2, -0.15) is 0 Å². The number of hydrogen-bond acceptors (Lipinski definition) is 3. The minimum absolute atomic E-state index is 0.313. The summed E-state index contributed by atoms with van der Waals surface area (Å²) in [4.78, 5) is 13.6. The number of rotatable bonds is 1. The van der Waals surface area contributed by atoms with Crippen LogP contribution in [0.2, 0.25) is 0 Å². The third-order valence-corrected chi connectivity index (χ3v) is 3.95. The number of anilines is 2. The van der Waals surface area contributed by atoms with Gasteiger partial charge < -0.3 is 15.7 Å². The number of hydrogen-bond donors (Lipinski definition) is 2. The van der Waals surface area contributed by atoms with Crippen molar-refractivity contribution in [2.45, 2.75) is 31.7 Å². The molecule has 0 radical (unpaired) electrons. The summed E-state index contributed by atoms with van der Waals surface area (Å²) in [6.45, 7) is 1.04. The van der Waals surface area contributed by atoms with Crippen LogP contribution in [-0.2, 0) is 6.42 Å². The first-order chi connectivity index (χ1) is 8.18. The van der Waals surface area contributed by atoms with E-state index in [0.29, 0.717) is 17.3 Å². The fraction of sp³-hybridized carbons (Fsp3) is 0.462. The Labute approximate surface area is 100 Å². The lowest BCUT2D eigenvalue weighted by atomic mass is 9.91. The number of fused-ring (bicyclic) bond motifs is 3. The standard InChI is InChI=1S/C13H16N2O2/c14-10-5-6-11-9(12(10)13(16)17)4-3-8-2-1-7-15(8)11/h5-6,8H,1-4,7,14H2,(H,16,17). The predicted octanol–water partition coefficient (Wildman–Crippen LogP) is 1.88. The molecule has 90 valence electrons. The van der Waals surface area contributed by atoms with Gasteiger partial charge in [0.05, 0.1) is 5.56 Å². The number of nitrogens with two attached hydrogens (primary N) is 1. The molecule has 3 rings (SSSR count). The Kier molecular flexibility index (Phi) is 2.24. The summed E-state index contributed by atoms with van der Waals surface area (Å²) in [5, 5.41) is 9.26. The van der Waals surface area contributed by atoms with Gasteiger partial charge in [0.15, 0.2) is 0 Å². The van der Waals surface area contributed by atoms with Crippen molar-refractivity contribution < 1.29 is 9.90 Å². The molecular weight excluding hydrogens is 216 g/mol. The van der Waals surface area contributed by atoms with Crippen molar-refractivity contribution in [1.29, 1.82) is 0 Å². The van der Waals surface area contributed by atoms with E-state index >= 15 is 0 Å². The molecular formula is C13H16N2O2. The van der Waals surface area contributed by atoms with Crippen molar-refractivity contribution in [3.05, 3.63) is 23.3 Å². The summed E-state index contributed by atoms with van der Waals surface area (Å²) < 4.78 is 0. The summed E-state index contributed by atoms with van der Waals surface area (Å²) in [7, 11) is 0. The Hall–Kier alpha value is -1.71. The zero-order chi connectivity index (χ0) is 12.0. The molecule has 1 aromatic carbocycles. The summed E-state index contributed by atoms with van der Waals surface area (Å²) in [6.07, 6.45) is 4.32. The van der Waals surface area contributed by atoms with E-state index in [1.54, 1.807) is 6.07 Å². The van der Waals surface area contributed by atoms with Crippen LogP contribution in [0.1, 0.15) is 35.2 Å².